The van der Waals surface area contributed by atoms with Crippen LogP contribution in [0.2, 0.25) is 0 Å². The number of hydrogen-bond donors (Lipinski definition) is 0. The first kappa shape index (κ1) is 23.9. The van der Waals surface area contributed by atoms with E-state index in [-0.39, 0.29) is 29.2 Å². The zero-order chi connectivity index (χ0) is 22.8. The lowest BCUT2D eigenvalue weighted by atomic mass is 10.2. The van der Waals surface area contributed by atoms with Crippen molar-refractivity contribution in [3.05, 3.63) is 23.8 Å². The molecule has 1 aromatic carbocycles. The highest BCUT2D eigenvalue weighted by Crippen LogP contribution is 2.33. The van der Waals surface area contributed by atoms with Crippen LogP contribution < -0.4 is 0 Å². The van der Waals surface area contributed by atoms with Crippen LogP contribution >= 0.6 is 11.8 Å². The van der Waals surface area contributed by atoms with Crippen LogP contribution in [0.1, 0.15) is 38.7 Å². The van der Waals surface area contributed by atoms with Gasteiger partial charge < -0.3 is 9.47 Å². The van der Waals surface area contributed by atoms with E-state index in [1.807, 2.05) is 13.8 Å². The van der Waals surface area contributed by atoms with Gasteiger partial charge in [-0.15, -0.1) is 0 Å². The second kappa shape index (κ2) is 9.40. The van der Waals surface area contributed by atoms with E-state index in [1.165, 1.54) is 17.8 Å². The van der Waals surface area contributed by atoms with Gasteiger partial charge in [-0.2, -0.15) is 13.2 Å². The van der Waals surface area contributed by atoms with E-state index >= 15 is 0 Å². The normalized spacial score (nSPS) is 18.5. The summed E-state index contributed by atoms with van der Waals surface area (Å²) in [5.74, 6) is -0.0557. The Hall–Kier alpha value is -1.75. The van der Waals surface area contributed by atoms with Gasteiger partial charge in [-0.1, -0.05) is 25.6 Å². The van der Waals surface area contributed by atoms with Crippen LogP contribution in [0.4, 0.5) is 13.2 Å². The van der Waals surface area contributed by atoms with Crippen molar-refractivity contribution in [2.24, 2.45) is 0 Å². The van der Waals surface area contributed by atoms with E-state index < -0.39 is 21.6 Å². The van der Waals surface area contributed by atoms with E-state index in [0.29, 0.717) is 48.5 Å². The smallest absolute Gasteiger partial charge is 0.338 e. The molecule has 0 saturated carbocycles. The number of halogens is 3. The summed E-state index contributed by atoms with van der Waals surface area (Å²) in [5, 5.41) is 0.486. The monoisotopic (exact) mass is 477 g/mol. The molecule has 0 radical (unpaired) electrons. The molecule has 11 heteroatoms. The predicted octanol–water partition coefficient (Wildman–Crippen LogP) is 3.98. The zero-order valence-corrected chi connectivity index (χ0v) is 19.1. The molecule has 0 N–H and O–H groups in total. The molecule has 0 unspecified atom stereocenters. The van der Waals surface area contributed by atoms with E-state index in [9.17, 15) is 26.4 Å². The maximum Gasteiger partial charge on any atom is 0.416 e. The van der Waals surface area contributed by atoms with E-state index in [1.54, 1.807) is 9.47 Å². The second-order valence-corrected chi connectivity index (χ2v) is 10.9. The van der Waals surface area contributed by atoms with Crippen molar-refractivity contribution in [1.29, 1.82) is 0 Å². The Morgan fingerprint density at radius 2 is 2.03 bits per heavy atom. The van der Waals surface area contributed by atoms with Gasteiger partial charge in [-0.3, -0.25) is 4.79 Å². The molecule has 0 bridgehead atoms. The summed E-state index contributed by atoms with van der Waals surface area (Å²) in [7, 11) is -3.12. The number of aromatic nitrogens is 2. The van der Waals surface area contributed by atoms with Crippen molar-refractivity contribution in [1.82, 2.24) is 14.5 Å². The first-order chi connectivity index (χ1) is 14.6. The fourth-order valence-electron chi connectivity index (χ4n) is 3.81. The summed E-state index contributed by atoms with van der Waals surface area (Å²) in [6.07, 6.45) is -2.60. The number of hydrogen-bond acceptors (Lipinski definition) is 5. The fraction of sp³-hybridized carbons (Fsp3) is 0.600. The Kier molecular flexibility index (Phi) is 7.25. The molecule has 0 aliphatic carbocycles. The number of benzene rings is 1. The largest absolute Gasteiger partial charge is 0.416 e. The van der Waals surface area contributed by atoms with Crippen LogP contribution in [0.5, 0.6) is 0 Å². The highest BCUT2D eigenvalue weighted by atomic mass is 32.2. The first-order valence-electron chi connectivity index (χ1n) is 10.3. The van der Waals surface area contributed by atoms with Crippen molar-refractivity contribution in [2.45, 2.75) is 57.0 Å². The SMILES string of the molecule is CCCN(C(=O)CSc1nc2ccc(C(F)(F)F)cc2n1CCC)[C@@H]1CCS(=O)(=O)C1. The number of rotatable bonds is 8. The van der Waals surface area contributed by atoms with Gasteiger partial charge in [0, 0.05) is 19.1 Å². The van der Waals surface area contributed by atoms with Gasteiger partial charge in [0.1, 0.15) is 0 Å². The first-order valence-corrected chi connectivity index (χ1v) is 13.1. The lowest BCUT2D eigenvalue weighted by Gasteiger charge is -2.27. The minimum Gasteiger partial charge on any atom is -0.338 e. The lowest BCUT2D eigenvalue weighted by Crippen LogP contribution is -2.42. The Labute approximate surface area is 184 Å². The average molecular weight is 478 g/mol. The highest BCUT2D eigenvalue weighted by Gasteiger charge is 2.34. The second-order valence-electron chi connectivity index (χ2n) is 7.68. The molecule has 6 nitrogen and oxygen atoms in total. The van der Waals surface area contributed by atoms with Crippen molar-refractivity contribution < 1.29 is 26.4 Å². The Balaban J connectivity index is 1.81. The van der Waals surface area contributed by atoms with Crippen LogP contribution in [-0.2, 0) is 27.4 Å². The number of sulfone groups is 1. The lowest BCUT2D eigenvalue weighted by molar-refractivity contribution is -0.137. The molecular formula is C20H26F3N3O3S2. The minimum atomic E-state index is -4.44. The van der Waals surface area contributed by atoms with Crippen molar-refractivity contribution in [2.75, 3.05) is 23.8 Å². The number of alkyl halides is 3. The number of fused-ring (bicyclic) bond motifs is 1. The molecular weight excluding hydrogens is 451 g/mol. The Morgan fingerprint density at radius 3 is 2.61 bits per heavy atom. The molecule has 31 heavy (non-hydrogen) atoms. The molecule has 2 aromatic rings. The van der Waals surface area contributed by atoms with Gasteiger partial charge in [0.05, 0.1) is 33.9 Å². The van der Waals surface area contributed by atoms with Crippen LogP contribution in [0, 0.1) is 0 Å². The fourth-order valence-corrected chi connectivity index (χ4v) is 6.47. The maximum atomic E-state index is 13.1. The topological polar surface area (TPSA) is 72.3 Å². The minimum absolute atomic E-state index is 0.0159. The molecule has 1 aliphatic heterocycles. The third-order valence-corrected chi connectivity index (χ3v) is 7.96. The molecule has 1 fully saturated rings. The summed E-state index contributed by atoms with van der Waals surface area (Å²) in [5.41, 5.74) is 0.101. The van der Waals surface area contributed by atoms with Gasteiger partial charge in [-0.05, 0) is 37.5 Å². The summed E-state index contributed by atoms with van der Waals surface area (Å²) in [6.45, 7) is 4.80. The Morgan fingerprint density at radius 1 is 1.29 bits per heavy atom. The number of amides is 1. The van der Waals surface area contributed by atoms with Gasteiger partial charge in [0.2, 0.25) is 5.91 Å². The third-order valence-electron chi connectivity index (χ3n) is 5.25. The van der Waals surface area contributed by atoms with E-state index in [0.717, 1.165) is 12.1 Å². The van der Waals surface area contributed by atoms with E-state index in [4.69, 9.17) is 0 Å². The molecule has 2 heterocycles. The molecule has 3 rings (SSSR count). The van der Waals surface area contributed by atoms with Crippen LogP contribution in [0.15, 0.2) is 23.4 Å². The van der Waals surface area contributed by atoms with Crippen LogP contribution in [0.25, 0.3) is 11.0 Å². The van der Waals surface area contributed by atoms with Gasteiger partial charge in [0.15, 0.2) is 15.0 Å². The van der Waals surface area contributed by atoms with Crippen LogP contribution in [0.3, 0.4) is 0 Å². The molecule has 1 amide bonds. The van der Waals surface area contributed by atoms with Crippen molar-refractivity contribution in [3.63, 3.8) is 0 Å². The number of nitrogens with zero attached hydrogens (tertiary/aromatic N) is 3. The van der Waals surface area contributed by atoms with Crippen molar-refractivity contribution in [3.8, 4) is 0 Å². The number of carbonyl (C=O) groups is 1. The molecule has 172 valence electrons. The standard InChI is InChI=1S/C20H26F3N3O3S2/c1-3-8-25(15-7-10-31(28,29)13-15)18(27)12-30-19-24-16-6-5-14(20(21,22)23)11-17(16)26(19)9-4-2/h5-6,11,15H,3-4,7-10,12-13H2,1-2H3/t15-/m1/s1. The number of imidazole rings is 1. The van der Waals surface area contributed by atoms with Gasteiger partial charge >= 0.3 is 6.18 Å². The van der Waals surface area contributed by atoms with Crippen molar-refractivity contribution >= 4 is 38.5 Å². The summed E-state index contributed by atoms with van der Waals surface area (Å²) < 4.78 is 64.8. The van der Waals surface area contributed by atoms with Gasteiger partial charge in [-0.25, -0.2) is 13.4 Å². The molecule has 0 spiro atoms. The predicted molar refractivity (Wildman–Crippen MR) is 115 cm³/mol. The Bertz CT molecular complexity index is 1050. The average Bonchev–Trinajstić information content (AvgIpc) is 3.23. The summed E-state index contributed by atoms with van der Waals surface area (Å²) >= 11 is 1.18. The third kappa shape index (κ3) is 5.54. The molecule has 1 saturated heterocycles. The maximum absolute atomic E-state index is 13.1. The summed E-state index contributed by atoms with van der Waals surface area (Å²) in [4.78, 5) is 19.0. The summed E-state index contributed by atoms with van der Waals surface area (Å²) in [6, 6.07) is 3.14. The molecule has 1 atom stereocenters. The van der Waals surface area contributed by atoms with Gasteiger partial charge in [0.25, 0.3) is 0 Å². The molecule has 1 aromatic heterocycles. The highest BCUT2D eigenvalue weighted by molar-refractivity contribution is 7.99. The number of thioether (sulfide) groups is 1. The van der Waals surface area contributed by atoms with Crippen LogP contribution in [-0.4, -0.2) is 58.6 Å². The van der Waals surface area contributed by atoms with E-state index in [2.05, 4.69) is 4.98 Å². The number of carbonyl (C=O) groups excluding carboxylic acids is 1. The quantitative estimate of drug-likeness (QED) is 0.538. The number of aryl methyl sites for hydroxylation is 1. The molecule has 1 aliphatic rings. The zero-order valence-electron chi connectivity index (χ0n) is 17.5.